The third-order valence-electron chi connectivity index (χ3n) is 6.33. The SMILES string of the molecule is CC1(C)c2ccccc2Sc2c(-c3ccc4ccc5c(c4n3)NCC=C5)cccc21. The smallest absolute Gasteiger partial charge is 0.0947 e. The van der Waals surface area contributed by atoms with E-state index in [0.717, 1.165) is 23.4 Å². The van der Waals surface area contributed by atoms with Gasteiger partial charge in [0, 0.05) is 32.7 Å². The third kappa shape index (κ3) is 2.55. The van der Waals surface area contributed by atoms with Crippen LogP contribution in [0.5, 0.6) is 0 Å². The van der Waals surface area contributed by atoms with Crippen LogP contribution < -0.4 is 5.32 Å². The Morgan fingerprint density at radius 3 is 2.67 bits per heavy atom. The highest BCUT2D eigenvalue weighted by atomic mass is 32.2. The van der Waals surface area contributed by atoms with E-state index < -0.39 is 0 Å². The van der Waals surface area contributed by atoms with Gasteiger partial charge in [-0.2, -0.15) is 0 Å². The van der Waals surface area contributed by atoms with Gasteiger partial charge >= 0.3 is 0 Å². The first-order chi connectivity index (χ1) is 14.6. The van der Waals surface area contributed by atoms with Gasteiger partial charge in [-0.15, -0.1) is 0 Å². The first-order valence-corrected chi connectivity index (χ1v) is 11.2. The van der Waals surface area contributed by atoms with E-state index in [1.165, 1.54) is 37.4 Å². The lowest BCUT2D eigenvalue weighted by Gasteiger charge is -2.35. The average molecular weight is 407 g/mol. The van der Waals surface area contributed by atoms with Crippen molar-refractivity contribution in [2.24, 2.45) is 0 Å². The Morgan fingerprint density at radius 2 is 1.73 bits per heavy atom. The summed E-state index contributed by atoms with van der Waals surface area (Å²) >= 11 is 1.87. The normalized spacial score (nSPS) is 15.8. The molecule has 0 amide bonds. The maximum absolute atomic E-state index is 5.16. The molecule has 0 saturated carbocycles. The van der Waals surface area contributed by atoms with Crippen molar-refractivity contribution in [2.45, 2.75) is 29.1 Å². The van der Waals surface area contributed by atoms with Crippen LogP contribution in [0.15, 0.2) is 82.6 Å². The van der Waals surface area contributed by atoms with Gasteiger partial charge in [-0.3, -0.25) is 0 Å². The molecule has 0 aliphatic carbocycles. The van der Waals surface area contributed by atoms with Crippen molar-refractivity contribution < 1.29 is 0 Å². The molecule has 30 heavy (non-hydrogen) atoms. The van der Waals surface area contributed by atoms with Crippen molar-refractivity contribution in [2.75, 3.05) is 11.9 Å². The lowest BCUT2D eigenvalue weighted by Crippen LogP contribution is -2.24. The second kappa shape index (κ2) is 6.48. The predicted molar refractivity (Wildman–Crippen MR) is 127 cm³/mol. The molecule has 0 spiro atoms. The van der Waals surface area contributed by atoms with Gasteiger partial charge in [0.25, 0.3) is 0 Å². The van der Waals surface area contributed by atoms with Crippen molar-refractivity contribution in [3.05, 3.63) is 89.5 Å². The van der Waals surface area contributed by atoms with Gasteiger partial charge in [0.05, 0.1) is 16.9 Å². The number of nitrogens with one attached hydrogen (secondary N) is 1. The van der Waals surface area contributed by atoms with E-state index in [1.807, 2.05) is 11.8 Å². The lowest BCUT2D eigenvalue weighted by atomic mass is 9.77. The molecule has 146 valence electrons. The molecule has 3 heterocycles. The number of anilines is 1. The molecule has 3 aromatic carbocycles. The molecule has 0 saturated heterocycles. The summed E-state index contributed by atoms with van der Waals surface area (Å²) in [7, 11) is 0. The number of fused-ring (bicyclic) bond motifs is 5. The minimum Gasteiger partial charge on any atom is -0.379 e. The molecule has 0 atom stereocenters. The van der Waals surface area contributed by atoms with Crippen LogP contribution in [0.4, 0.5) is 5.69 Å². The molecule has 1 aromatic heterocycles. The first-order valence-electron chi connectivity index (χ1n) is 10.4. The Balaban J connectivity index is 1.57. The summed E-state index contributed by atoms with van der Waals surface area (Å²) < 4.78 is 0. The standard InChI is InChI=1S/C27H22N2S/c1-27(2)20-9-3-4-11-23(20)30-26-19(8-5-10-21(26)27)22-15-14-18-13-12-17-7-6-16-28-24(17)25(18)29-22/h3-15,28H,16H2,1-2H3. The van der Waals surface area contributed by atoms with E-state index in [-0.39, 0.29) is 5.41 Å². The van der Waals surface area contributed by atoms with Crippen molar-refractivity contribution in [3.8, 4) is 11.3 Å². The summed E-state index contributed by atoms with van der Waals surface area (Å²) in [5.41, 5.74) is 8.39. The molecule has 0 unspecified atom stereocenters. The number of hydrogen-bond acceptors (Lipinski definition) is 3. The maximum Gasteiger partial charge on any atom is 0.0947 e. The van der Waals surface area contributed by atoms with E-state index in [1.54, 1.807) is 0 Å². The summed E-state index contributed by atoms with van der Waals surface area (Å²) in [5.74, 6) is 0. The number of benzene rings is 3. The quantitative estimate of drug-likeness (QED) is 0.364. The molecule has 0 radical (unpaired) electrons. The lowest BCUT2D eigenvalue weighted by molar-refractivity contribution is 0.608. The van der Waals surface area contributed by atoms with Gasteiger partial charge in [0.1, 0.15) is 0 Å². The molecule has 3 heteroatoms. The van der Waals surface area contributed by atoms with E-state index in [2.05, 4.69) is 98.0 Å². The highest BCUT2D eigenvalue weighted by Gasteiger charge is 2.34. The van der Waals surface area contributed by atoms with Crippen molar-refractivity contribution in [3.63, 3.8) is 0 Å². The number of nitrogens with zero attached hydrogens (tertiary/aromatic N) is 1. The monoisotopic (exact) mass is 406 g/mol. The predicted octanol–water partition coefficient (Wildman–Crippen LogP) is 7.13. The molecule has 0 fully saturated rings. The fraction of sp³-hybridized carbons (Fsp3) is 0.148. The van der Waals surface area contributed by atoms with Crippen LogP contribution in [0.3, 0.4) is 0 Å². The van der Waals surface area contributed by atoms with E-state index in [9.17, 15) is 0 Å². The summed E-state index contributed by atoms with van der Waals surface area (Å²) in [6.45, 7) is 5.50. The van der Waals surface area contributed by atoms with Crippen LogP contribution in [0.2, 0.25) is 0 Å². The topological polar surface area (TPSA) is 24.9 Å². The van der Waals surface area contributed by atoms with Gasteiger partial charge in [-0.1, -0.05) is 92.4 Å². The summed E-state index contributed by atoms with van der Waals surface area (Å²) in [4.78, 5) is 7.83. The Kier molecular flexibility index (Phi) is 3.84. The fourth-order valence-corrected chi connectivity index (χ4v) is 6.21. The van der Waals surface area contributed by atoms with E-state index in [4.69, 9.17) is 4.98 Å². The van der Waals surface area contributed by atoms with Crippen molar-refractivity contribution in [1.29, 1.82) is 0 Å². The van der Waals surface area contributed by atoms with Crippen LogP contribution in [-0.2, 0) is 5.41 Å². The second-order valence-electron chi connectivity index (χ2n) is 8.49. The number of aromatic nitrogens is 1. The Labute approximate surface area is 181 Å². The van der Waals surface area contributed by atoms with E-state index >= 15 is 0 Å². The maximum atomic E-state index is 5.16. The molecule has 1 N–H and O–H groups in total. The molecular weight excluding hydrogens is 384 g/mol. The zero-order valence-electron chi connectivity index (χ0n) is 17.1. The number of hydrogen-bond donors (Lipinski definition) is 1. The summed E-state index contributed by atoms with van der Waals surface area (Å²) in [5, 5.41) is 4.69. The highest BCUT2D eigenvalue weighted by molar-refractivity contribution is 7.99. The van der Waals surface area contributed by atoms with Crippen LogP contribution in [0, 0.1) is 0 Å². The summed E-state index contributed by atoms with van der Waals surface area (Å²) in [6.07, 6.45) is 4.33. The number of pyridine rings is 1. The molecule has 2 aliphatic heterocycles. The van der Waals surface area contributed by atoms with E-state index in [0.29, 0.717) is 0 Å². The molecule has 0 bridgehead atoms. The zero-order valence-corrected chi connectivity index (χ0v) is 17.9. The number of rotatable bonds is 1. The van der Waals surface area contributed by atoms with Crippen LogP contribution in [-0.4, -0.2) is 11.5 Å². The van der Waals surface area contributed by atoms with Crippen LogP contribution in [0.1, 0.15) is 30.5 Å². The van der Waals surface area contributed by atoms with Crippen molar-refractivity contribution in [1.82, 2.24) is 4.98 Å². The van der Waals surface area contributed by atoms with Crippen molar-refractivity contribution >= 4 is 34.4 Å². The minimum atomic E-state index is -0.0322. The Morgan fingerprint density at radius 1 is 0.900 bits per heavy atom. The second-order valence-corrected chi connectivity index (χ2v) is 9.54. The summed E-state index contributed by atoms with van der Waals surface area (Å²) in [6, 6.07) is 24.1. The largest absolute Gasteiger partial charge is 0.379 e. The van der Waals surface area contributed by atoms with Crippen LogP contribution in [0.25, 0.3) is 28.2 Å². The fourth-order valence-electron chi connectivity index (χ4n) is 4.69. The molecule has 4 aromatic rings. The van der Waals surface area contributed by atoms with Crippen LogP contribution >= 0.6 is 11.8 Å². The van der Waals surface area contributed by atoms with Gasteiger partial charge < -0.3 is 5.32 Å². The highest BCUT2D eigenvalue weighted by Crippen LogP contribution is 2.51. The molecule has 2 aliphatic rings. The molecule has 2 nitrogen and oxygen atoms in total. The van der Waals surface area contributed by atoms with Gasteiger partial charge in [0.2, 0.25) is 0 Å². The Bertz CT molecular complexity index is 1350. The Hall–Kier alpha value is -3.04. The van der Waals surface area contributed by atoms with Gasteiger partial charge in [-0.25, -0.2) is 4.98 Å². The van der Waals surface area contributed by atoms with Gasteiger partial charge in [0.15, 0.2) is 0 Å². The molecule has 6 rings (SSSR count). The first kappa shape index (κ1) is 17.8. The molecular formula is C27H22N2S. The minimum absolute atomic E-state index is 0.0322. The van der Waals surface area contributed by atoms with Gasteiger partial charge in [-0.05, 0) is 28.8 Å². The average Bonchev–Trinajstić information content (AvgIpc) is 2.78. The third-order valence-corrected chi connectivity index (χ3v) is 7.55. The zero-order chi connectivity index (χ0) is 20.3.